The molecule has 2 heterocycles. The molecule has 9 heteroatoms. The molecule has 0 atom stereocenters. The van der Waals surface area contributed by atoms with E-state index in [9.17, 15) is 13.2 Å². The van der Waals surface area contributed by atoms with Crippen LogP contribution in [-0.2, 0) is 20.2 Å². The third-order valence-electron chi connectivity index (χ3n) is 6.25. The average molecular weight is 521 g/mol. The maximum Gasteiger partial charge on any atom is 0.264 e. The highest BCUT2D eigenvalue weighted by Gasteiger charge is 2.54. The summed E-state index contributed by atoms with van der Waals surface area (Å²) in [5.41, 5.74) is 0.985. The van der Waals surface area contributed by atoms with Crippen LogP contribution in [0.15, 0.2) is 72.8 Å². The van der Waals surface area contributed by atoms with E-state index < -0.39 is 21.3 Å². The standard InChI is InChI=1S/C28H32N4O4S/c1-6-15-32(16-7-2)25-12-11-21-23(30-25)9-8-10-24(21)37(34,35)31-27(33)28(13-14-28)22-17-20(5)18-29-26(22)36-19(3)4/h6-12,17-19H,1-2,13-16H2,3-5H3,(H,31,33). The van der Waals surface area contributed by atoms with Gasteiger partial charge in [-0.05, 0) is 69.5 Å². The minimum Gasteiger partial charge on any atom is -0.475 e. The molecular formula is C28H32N4O4S. The summed E-state index contributed by atoms with van der Waals surface area (Å²) >= 11 is 0. The zero-order valence-electron chi connectivity index (χ0n) is 21.4. The van der Waals surface area contributed by atoms with Crippen molar-refractivity contribution in [3.8, 4) is 5.88 Å². The number of anilines is 1. The number of nitrogens with one attached hydrogen (secondary N) is 1. The van der Waals surface area contributed by atoms with E-state index in [4.69, 9.17) is 4.74 Å². The van der Waals surface area contributed by atoms with Crippen LogP contribution in [0.1, 0.15) is 37.8 Å². The molecule has 1 amide bonds. The average Bonchev–Trinajstić information content (AvgIpc) is 3.66. The number of aryl methyl sites for hydroxylation is 1. The van der Waals surface area contributed by atoms with Gasteiger partial charge in [0.05, 0.1) is 21.9 Å². The smallest absolute Gasteiger partial charge is 0.264 e. The van der Waals surface area contributed by atoms with Crippen LogP contribution in [0.4, 0.5) is 5.82 Å². The fourth-order valence-corrected chi connectivity index (χ4v) is 5.60. The molecule has 194 valence electrons. The fraction of sp³-hybridized carbons (Fsp3) is 0.321. The van der Waals surface area contributed by atoms with Gasteiger partial charge in [0.1, 0.15) is 5.82 Å². The van der Waals surface area contributed by atoms with Gasteiger partial charge in [-0.3, -0.25) is 4.79 Å². The number of rotatable bonds is 11. The summed E-state index contributed by atoms with van der Waals surface area (Å²) in [7, 11) is -4.18. The number of carbonyl (C=O) groups is 1. The van der Waals surface area contributed by atoms with Crippen molar-refractivity contribution in [2.45, 2.75) is 50.0 Å². The summed E-state index contributed by atoms with van der Waals surface area (Å²) in [6.45, 7) is 14.3. The van der Waals surface area contributed by atoms with Gasteiger partial charge in [0.2, 0.25) is 11.8 Å². The van der Waals surface area contributed by atoms with Gasteiger partial charge in [-0.1, -0.05) is 18.2 Å². The molecule has 0 spiro atoms. The number of hydrogen-bond donors (Lipinski definition) is 1. The SMILES string of the molecule is C=CCN(CC=C)c1ccc2c(S(=O)(=O)NC(=O)C3(c4cc(C)cnc4OC(C)C)CC3)cccc2n1. The van der Waals surface area contributed by atoms with Crippen molar-refractivity contribution in [2.75, 3.05) is 18.0 Å². The third-order valence-corrected chi connectivity index (χ3v) is 7.64. The Morgan fingerprint density at radius 3 is 2.51 bits per heavy atom. The summed E-state index contributed by atoms with van der Waals surface area (Å²) in [5, 5.41) is 0.426. The molecule has 2 aromatic heterocycles. The summed E-state index contributed by atoms with van der Waals surface area (Å²) < 4.78 is 35.1. The van der Waals surface area contributed by atoms with Crippen molar-refractivity contribution < 1.29 is 17.9 Å². The van der Waals surface area contributed by atoms with Crippen molar-refractivity contribution >= 4 is 32.7 Å². The molecule has 1 aromatic carbocycles. The van der Waals surface area contributed by atoms with Gasteiger partial charge in [0.15, 0.2) is 0 Å². The molecule has 0 saturated heterocycles. The summed E-state index contributed by atoms with van der Waals surface area (Å²) in [5.74, 6) is 0.446. The van der Waals surface area contributed by atoms with Gasteiger partial charge >= 0.3 is 0 Å². The Kier molecular flexibility index (Phi) is 7.36. The van der Waals surface area contributed by atoms with Crippen LogP contribution in [0.2, 0.25) is 0 Å². The molecule has 8 nitrogen and oxygen atoms in total. The molecule has 37 heavy (non-hydrogen) atoms. The van der Waals surface area contributed by atoms with Crippen LogP contribution in [0.5, 0.6) is 5.88 Å². The van der Waals surface area contributed by atoms with E-state index >= 15 is 0 Å². The monoisotopic (exact) mass is 520 g/mol. The summed E-state index contributed by atoms with van der Waals surface area (Å²) in [6.07, 6.45) is 6.09. The van der Waals surface area contributed by atoms with Gasteiger partial charge in [-0.25, -0.2) is 23.1 Å². The van der Waals surface area contributed by atoms with E-state index in [0.717, 1.165) is 5.56 Å². The first-order valence-corrected chi connectivity index (χ1v) is 13.7. The lowest BCUT2D eigenvalue weighted by atomic mass is 9.95. The van der Waals surface area contributed by atoms with Crippen LogP contribution < -0.4 is 14.4 Å². The third kappa shape index (κ3) is 5.36. The molecule has 1 N–H and O–H groups in total. The molecule has 0 radical (unpaired) electrons. The predicted molar refractivity (Wildman–Crippen MR) is 145 cm³/mol. The van der Waals surface area contributed by atoms with E-state index in [1.54, 1.807) is 42.6 Å². The largest absolute Gasteiger partial charge is 0.475 e. The Bertz CT molecular complexity index is 1450. The second-order valence-corrected chi connectivity index (χ2v) is 11.2. The van der Waals surface area contributed by atoms with Crippen molar-refractivity contribution in [1.29, 1.82) is 0 Å². The molecule has 3 aromatic rings. The van der Waals surface area contributed by atoms with Crippen LogP contribution in [-0.4, -0.2) is 43.5 Å². The number of carbonyl (C=O) groups excluding carboxylic acids is 1. The second kappa shape index (κ2) is 10.3. The normalized spacial score (nSPS) is 14.3. The number of ether oxygens (including phenoxy) is 1. The topological polar surface area (TPSA) is 101 Å². The molecule has 1 fully saturated rings. The Labute approximate surface area is 218 Å². The highest BCUT2D eigenvalue weighted by molar-refractivity contribution is 7.90. The molecule has 1 aliphatic carbocycles. The lowest BCUT2D eigenvalue weighted by molar-refractivity contribution is -0.121. The van der Waals surface area contributed by atoms with E-state index in [1.165, 1.54) is 6.07 Å². The van der Waals surface area contributed by atoms with E-state index in [1.807, 2.05) is 31.7 Å². The highest BCUT2D eigenvalue weighted by Crippen LogP contribution is 2.51. The first-order chi connectivity index (χ1) is 17.6. The molecule has 0 unspecified atom stereocenters. The van der Waals surface area contributed by atoms with Gasteiger partial charge in [0.25, 0.3) is 10.0 Å². The molecule has 4 rings (SSSR count). The Hall–Kier alpha value is -3.72. The van der Waals surface area contributed by atoms with Crippen molar-refractivity contribution in [3.05, 3.63) is 79.0 Å². The second-order valence-electron chi connectivity index (χ2n) is 9.52. The molecule has 0 aliphatic heterocycles. The Morgan fingerprint density at radius 2 is 1.89 bits per heavy atom. The fourth-order valence-electron chi connectivity index (χ4n) is 4.33. The lowest BCUT2D eigenvalue weighted by Crippen LogP contribution is -2.39. The quantitative estimate of drug-likeness (QED) is 0.373. The summed E-state index contributed by atoms with van der Waals surface area (Å²) in [6, 6.07) is 10.2. The Balaban J connectivity index is 1.67. The number of sulfonamides is 1. The lowest BCUT2D eigenvalue weighted by Gasteiger charge is -2.21. The number of pyridine rings is 2. The minimum atomic E-state index is -4.18. The maximum atomic E-state index is 13.5. The van der Waals surface area contributed by atoms with E-state index in [-0.39, 0.29) is 11.0 Å². The summed E-state index contributed by atoms with van der Waals surface area (Å²) in [4.78, 5) is 24.5. The van der Waals surface area contributed by atoms with Gasteiger partial charge in [-0.2, -0.15) is 0 Å². The van der Waals surface area contributed by atoms with Crippen LogP contribution in [0.3, 0.4) is 0 Å². The molecule has 1 saturated carbocycles. The number of fused-ring (bicyclic) bond motifs is 1. The van der Waals surface area contributed by atoms with Gasteiger partial charge in [-0.15, -0.1) is 13.2 Å². The molecule has 0 bridgehead atoms. The van der Waals surface area contributed by atoms with Gasteiger partial charge in [0, 0.05) is 30.2 Å². The predicted octanol–water partition coefficient (Wildman–Crippen LogP) is 4.44. The molecule has 1 aliphatic rings. The van der Waals surface area contributed by atoms with Crippen LogP contribution in [0, 0.1) is 6.92 Å². The van der Waals surface area contributed by atoms with Crippen molar-refractivity contribution in [2.24, 2.45) is 0 Å². The van der Waals surface area contributed by atoms with Crippen molar-refractivity contribution in [1.82, 2.24) is 14.7 Å². The number of hydrogen-bond acceptors (Lipinski definition) is 7. The van der Waals surface area contributed by atoms with Crippen molar-refractivity contribution in [3.63, 3.8) is 0 Å². The maximum absolute atomic E-state index is 13.5. The number of benzene rings is 1. The first-order valence-electron chi connectivity index (χ1n) is 12.2. The van der Waals surface area contributed by atoms with Gasteiger partial charge < -0.3 is 9.64 Å². The zero-order valence-corrected chi connectivity index (χ0v) is 22.2. The van der Waals surface area contributed by atoms with E-state index in [2.05, 4.69) is 27.8 Å². The number of aromatic nitrogens is 2. The zero-order chi connectivity index (χ0) is 26.8. The highest BCUT2D eigenvalue weighted by atomic mass is 32.2. The van der Waals surface area contributed by atoms with Crippen LogP contribution >= 0.6 is 0 Å². The molecular weight excluding hydrogens is 488 g/mol. The van der Waals surface area contributed by atoms with E-state index in [0.29, 0.717) is 54.1 Å². The minimum absolute atomic E-state index is 0.00628. The van der Waals surface area contributed by atoms with Crippen LogP contribution in [0.25, 0.3) is 10.9 Å². The number of nitrogens with zero attached hydrogens (tertiary/aromatic N) is 3. The number of amides is 1. The Morgan fingerprint density at radius 1 is 1.19 bits per heavy atom. The first kappa shape index (κ1) is 26.3.